The van der Waals surface area contributed by atoms with Gasteiger partial charge in [-0.25, -0.2) is 0 Å². The molecule has 282 valence electrons. The number of hydrogen-bond donors (Lipinski definition) is 0. The molecule has 0 N–H and O–H groups in total. The van der Waals surface area contributed by atoms with E-state index in [1.807, 2.05) is 0 Å². The summed E-state index contributed by atoms with van der Waals surface area (Å²) in [6.07, 6.45) is 6.67. The molecule has 59 heavy (non-hydrogen) atoms. The maximum absolute atomic E-state index is 2.51. The topological polar surface area (TPSA) is 8.17 Å². The van der Waals surface area contributed by atoms with Crippen LogP contribution in [0, 0.1) is 0 Å². The van der Waals surface area contributed by atoms with Crippen LogP contribution in [0.2, 0.25) is 0 Å². The Kier molecular flexibility index (Phi) is 8.34. The summed E-state index contributed by atoms with van der Waals surface area (Å²) in [4.78, 5) is 2.51. The minimum absolute atomic E-state index is 0.112. The highest BCUT2D eigenvalue weighted by Gasteiger charge is 2.36. The standard InChI is InChI=1S/C57H44N2/c1-57(2)52-26-14-11-23-47(52)48-35-34-44(38-53(48)57)58(54-27-15-12-24-49(54)46-22-10-9-21-45(46)40-17-5-3-6-18-40)43-32-29-39(30-33-43)41-31-36-56-51(37-41)50-25-13-16-28-55(50)59(56)42-19-7-4-8-20-42/h3-11,13-23,25-38H,12,24H2,1-2H3. The normalized spacial score (nSPS) is 14.1. The minimum atomic E-state index is -0.112. The van der Waals surface area contributed by atoms with Crippen molar-refractivity contribution >= 4 is 38.8 Å². The molecule has 0 radical (unpaired) electrons. The third-order valence-electron chi connectivity index (χ3n) is 12.7. The quantitative estimate of drug-likeness (QED) is 0.157. The lowest BCUT2D eigenvalue weighted by atomic mass is 9.82. The smallest absolute Gasteiger partial charge is 0.0541 e. The van der Waals surface area contributed by atoms with Gasteiger partial charge in [-0.3, -0.25) is 0 Å². The largest absolute Gasteiger partial charge is 0.310 e. The van der Waals surface area contributed by atoms with E-state index in [-0.39, 0.29) is 5.41 Å². The van der Waals surface area contributed by atoms with Crippen molar-refractivity contribution in [3.8, 4) is 39.1 Å². The molecule has 0 atom stereocenters. The number of allylic oxidation sites excluding steroid dienone is 3. The molecule has 0 fully saturated rings. The summed E-state index contributed by atoms with van der Waals surface area (Å²) in [5, 5.41) is 2.52. The van der Waals surface area contributed by atoms with Gasteiger partial charge in [0.15, 0.2) is 0 Å². The number of nitrogens with zero attached hydrogens (tertiary/aromatic N) is 2. The van der Waals surface area contributed by atoms with Crippen LogP contribution < -0.4 is 4.90 Å². The first kappa shape index (κ1) is 35.0. The Balaban J connectivity index is 1.07. The molecule has 9 aromatic rings. The van der Waals surface area contributed by atoms with Gasteiger partial charge >= 0.3 is 0 Å². The molecule has 0 bridgehead atoms. The first-order chi connectivity index (χ1) is 29.0. The van der Waals surface area contributed by atoms with E-state index in [1.165, 1.54) is 94.5 Å². The average Bonchev–Trinajstić information content (AvgIpc) is 3.75. The fraction of sp³-hybridized carbons (Fsp3) is 0.0877. The number of hydrogen-bond acceptors (Lipinski definition) is 1. The summed E-state index contributed by atoms with van der Waals surface area (Å²) >= 11 is 0. The fourth-order valence-corrected chi connectivity index (χ4v) is 9.82. The van der Waals surface area contributed by atoms with Crippen LogP contribution in [0.25, 0.3) is 66.4 Å². The molecule has 0 saturated carbocycles. The van der Waals surface area contributed by atoms with Crippen LogP contribution >= 0.6 is 0 Å². The van der Waals surface area contributed by atoms with Crippen molar-refractivity contribution in [2.75, 3.05) is 4.90 Å². The molecule has 2 aliphatic rings. The fourth-order valence-electron chi connectivity index (χ4n) is 9.82. The third-order valence-corrected chi connectivity index (χ3v) is 12.7. The van der Waals surface area contributed by atoms with Crippen LogP contribution in [0.15, 0.2) is 212 Å². The minimum Gasteiger partial charge on any atom is -0.310 e. The Bertz CT molecular complexity index is 3110. The zero-order valence-electron chi connectivity index (χ0n) is 33.4. The van der Waals surface area contributed by atoms with Gasteiger partial charge in [-0.05, 0) is 129 Å². The second-order valence-corrected chi connectivity index (χ2v) is 16.4. The molecule has 1 aromatic heterocycles. The zero-order chi connectivity index (χ0) is 39.5. The third kappa shape index (κ3) is 5.78. The number of aromatic nitrogens is 1. The van der Waals surface area contributed by atoms with Crippen molar-refractivity contribution in [2.45, 2.75) is 32.1 Å². The molecule has 2 aliphatic carbocycles. The van der Waals surface area contributed by atoms with Crippen molar-refractivity contribution in [3.63, 3.8) is 0 Å². The summed E-state index contributed by atoms with van der Waals surface area (Å²) in [6.45, 7) is 4.74. The molecule has 8 aromatic carbocycles. The molecule has 0 spiro atoms. The summed E-state index contributed by atoms with van der Waals surface area (Å²) < 4.78 is 2.38. The van der Waals surface area contributed by atoms with E-state index in [9.17, 15) is 0 Å². The van der Waals surface area contributed by atoms with E-state index < -0.39 is 0 Å². The van der Waals surface area contributed by atoms with Crippen LogP contribution in [-0.4, -0.2) is 4.57 Å². The average molecular weight is 757 g/mol. The Morgan fingerprint density at radius 1 is 0.458 bits per heavy atom. The number of rotatable bonds is 7. The molecular weight excluding hydrogens is 713 g/mol. The Morgan fingerprint density at radius 2 is 1.08 bits per heavy atom. The molecule has 2 heteroatoms. The Labute approximate surface area is 346 Å². The zero-order valence-corrected chi connectivity index (χ0v) is 33.4. The second-order valence-electron chi connectivity index (χ2n) is 16.4. The first-order valence-electron chi connectivity index (χ1n) is 20.8. The van der Waals surface area contributed by atoms with Gasteiger partial charge in [-0.2, -0.15) is 0 Å². The molecule has 2 nitrogen and oxygen atoms in total. The molecule has 0 unspecified atom stereocenters. The van der Waals surface area contributed by atoms with Crippen molar-refractivity contribution in [1.29, 1.82) is 0 Å². The summed E-state index contributed by atoms with van der Waals surface area (Å²) in [7, 11) is 0. The molecule has 0 amide bonds. The van der Waals surface area contributed by atoms with Gasteiger partial charge in [0.25, 0.3) is 0 Å². The van der Waals surface area contributed by atoms with Crippen LogP contribution in [0.3, 0.4) is 0 Å². The lowest BCUT2D eigenvalue weighted by molar-refractivity contribution is 0.660. The van der Waals surface area contributed by atoms with Gasteiger partial charge in [0.2, 0.25) is 0 Å². The van der Waals surface area contributed by atoms with Crippen LogP contribution in [-0.2, 0) is 5.41 Å². The van der Waals surface area contributed by atoms with E-state index in [2.05, 4.69) is 230 Å². The van der Waals surface area contributed by atoms with Gasteiger partial charge in [-0.15, -0.1) is 0 Å². The molecule has 1 heterocycles. The van der Waals surface area contributed by atoms with E-state index in [0.29, 0.717) is 0 Å². The Hall–Kier alpha value is -7.16. The van der Waals surface area contributed by atoms with E-state index in [0.717, 1.165) is 18.5 Å². The highest BCUT2D eigenvalue weighted by molar-refractivity contribution is 6.10. The van der Waals surface area contributed by atoms with Crippen LogP contribution in [0.1, 0.15) is 43.4 Å². The molecule has 0 aliphatic heterocycles. The predicted octanol–water partition coefficient (Wildman–Crippen LogP) is 15.3. The van der Waals surface area contributed by atoms with Gasteiger partial charge in [0.05, 0.1) is 11.0 Å². The first-order valence-corrected chi connectivity index (χ1v) is 20.8. The van der Waals surface area contributed by atoms with Crippen LogP contribution in [0.5, 0.6) is 0 Å². The molecular formula is C57H44N2. The lowest BCUT2D eigenvalue weighted by Crippen LogP contribution is -2.20. The molecule has 11 rings (SSSR count). The highest BCUT2D eigenvalue weighted by Crippen LogP contribution is 2.51. The predicted molar refractivity (Wildman–Crippen MR) is 250 cm³/mol. The van der Waals surface area contributed by atoms with E-state index in [1.54, 1.807) is 0 Å². The Morgan fingerprint density at radius 3 is 1.90 bits per heavy atom. The van der Waals surface area contributed by atoms with Gasteiger partial charge in [0.1, 0.15) is 0 Å². The van der Waals surface area contributed by atoms with Gasteiger partial charge in [0, 0.05) is 38.9 Å². The highest BCUT2D eigenvalue weighted by atomic mass is 15.1. The van der Waals surface area contributed by atoms with E-state index >= 15 is 0 Å². The van der Waals surface area contributed by atoms with Crippen molar-refractivity contribution in [3.05, 3.63) is 229 Å². The van der Waals surface area contributed by atoms with Gasteiger partial charge < -0.3 is 9.47 Å². The van der Waals surface area contributed by atoms with Crippen LogP contribution in [0.4, 0.5) is 11.4 Å². The maximum atomic E-state index is 2.51. The van der Waals surface area contributed by atoms with Crippen molar-refractivity contribution < 1.29 is 0 Å². The summed E-state index contributed by atoms with van der Waals surface area (Å²) in [5.41, 5.74) is 20.0. The lowest BCUT2D eigenvalue weighted by Gasteiger charge is -2.32. The second kappa shape index (κ2) is 14.0. The number of para-hydroxylation sites is 2. The number of benzene rings is 8. The number of anilines is 2. The summed E-state index contributed by atoms with van der Waals surface area (Å²) in [6, 6.07) is 71.4. The SMILES string of the molecule is CC1(C)c2ccccc2-c2ccc(N(C3=C(c4ccccc4-c4ccccc4)CCC=C3)c3ccc(-c4ccc5c(c4)c4ccccc4n5-c4ccccc4)cc3)cc21. The monoisotopic (exact) mass is 756 g/mol. The molecule has 0 saturated heterocycles. The van der Waals surface area contributed by atoms with Crippen molar-refractivity contribution in [2.24, 2.45) is 0 Å². The number of fused-ring (bicyclic) bond motifs is 6. The maximum Gasteiger partial charge on any atom is 0.0541 e. The van der Waals surface area contributed by atoms with E-state index in [4.69, 9.17) is 0 Å². The van der Waals surface area contributed by atoms with Gasteiger partial charge in [-0.1, -0.05) is 159 Å². The summed E-state index contributed by atoms with van der Waals surface area (Å²) in [5.74, 6) is 0. The van der Waals surface area contributed by atoms with Crippen molar-refractivity contribution in [1.82, 2.24) is 4.57 Å².